The highest BCUT2D eigenvalue weighted by Crippen LogP contribution is 2.18. The van der Waals surface area contributed by atoms with E-state index in [1.807, 2.05) is 12.1 Å². The lowest BCUT2D eigenvalue weighted by atomic mass is 10.0. The normalized spacial score (nSPS) is 12.7. The van der Waals surface area contributed by atoms with Gasteiger partial charge in [-0.15, -0.1) is 0 Å². The van der Waals surface area contributed by atoms with E-state index in [1.165, 1.54) is 17.3 Å². The molecule has 0 saturated carbocycles. The topological polar surface area (TPSA) is 51.8 Å². The number of hydrogen-bond acceptors (Lipinski definition) is 4. The van der Waals surface area contributed by atoms with Gasteiger partial charge in [-0.2, -0.15) is 8.75 Å². The zero-order valence-electron chi connectivity index (χ0n) is 7.84. The Kier molecular flexibility index (Phi) is 2.56. The molecule has 1 heterocycles. The van der Waals surface area contributed by atoms with Crippen molar-refractivity contribution >= 4 is 11.7 Å². The molecule has 72 valence electrons. The van der Waals surface area contributed by atoms with Gasteiger partial charge in [0.25, 0.3) is 0 Å². The van der Waals surface area contributed by atoms with Crippen molar-refractivity contribution in [2.45, 2.75) is 13.0 Å². The Labute approximate surface area is 86.9 Å². The van der Waals surface area contributed by atoms with Gasteiger partial charge in [-0.25, -0.2) is 0 Å². The summed E-state index contributed by atoms with van der Waals surface area (Å²) in [4.78, 5) is 0. The molecule has 0 saturated heterocycles. The Hall–Kier alpha value is -1.26. The first-order valence-corrected chi connectivity index (χ1v) is 5.10. The van der Waals surface area contributed by atoms with Gasteiger partial charge in [0.1, 0.15) is 0 Å². The van der Waals surface area contributed by atoms with Crippen molar-refractivity contribution in [3.8, 4) is 0 Å². The molecule has 1 aromatic carbocycles. The molecule has 0 spiro atoms. The molecule has 0 radical (unpaired) electrons. The molecule has 14 heavy (non-hydrogen) atoms. The Morgan fingerprint density at radius 1 is 1.43 bits per heavy atom. The lowest BCUT2D eigenvalue weighted by Gasteiger charge is -2.08. The third-order valence-electron chi connectivity index (χ3n) is 2.10. The van der Waals surface area contributed by atoms with Crippen molar-refractivity contribution in [1.82, 2.24) is 8.75 Å². The second-order valence-electron chi connectivity index (χ2n) is 3.22. The highest BCUT2D eigenvalue weighted by molar-refractivity contribution is 6.99. The van der Waals surface area contributed by atoms with E-state index in [4.69, 9.17) is 5.73 Å². The van der Waals surface area contributed by atoms with Crippen LogP contribution in [0.1, 0.15) is 22.9 Å². The second-order valence-corrected chi connectivity index (χ2v) is 3.78. The Balaban J connectivity index is 2.32. The molecule has 0 aliphatic heterocycles. The van der Waals surface area contributed by atoms with Crippen LogP contribution in [-0.4, -0.2) is 8.75 Å². The van der Waals surface area contributed by atoms with Gasteiger partial charge in [0.05, 0.1) is 29.7 Å². The standard InChI is InChI=1S/C10H11N3S/c1-7-3-2-4-8(5-7)10(11)9-6-12-14-13-9/h2-6,10H,11H2,1H3. The number of rotatable bonds is 2. The van der Waals surface area contributed by atoms with Gasteiger partial charge in [0.15, 0.2) is 0 Å². The number of aryl methyl sites for hydroxylation is 1. The van der Waals surface area contributed by atoms with E-state index in [2.05, 4.69) is 27.8 Å². The summed E-state index contributed by atoms with van der Waals surface area (Å²) in [5.41, 5.74) is 9.16. The minimum atomic E-state index is -0.159. The summed E-state index contributed by atoms with van der Waals surface area (Å²) in [7, 11) is 0. The van der Waals surface area contributed by atoms with E-state index in [1.54, 1.807) is 6.20 Å². The zero-order chi connectivity index (χ0) is 9.97. The molecule has 3 nitrogen and oxygen atoms in total. The summed E-state index contributed by atoms with van der Waals surface area (Å²) in [6, 6.07) is 7.98. The van der Waals surface area contributed by atoms with Gasteiger partial charge in [-0.1, -0.05) is 29.8 Å². The van der Waals surface area contributed by atoms with Gasteiger partial charge in [-0.3, -0.25) is 0 Å². The fourth-order valence-corrected chi connectivity index (χ4v) is 1.80. The highest BCUT2D eigenvalue weighted by atomic mass is 32.1. The molecule has 1 unspecified atom stereocenters. The highest BCUT2D eigenvalue weighted by Gasteiger charge is 2.10. The van der Waals surface area contributed by atoms with Crippen LogP contribution in [0, 0.1) is 6.92 Å². The zero-order valence-corrected chi connectivity index (χ0v) is 8.66. The largest absolute Gasteiger partial charge is 0.319 e. The molecule has 0 aliphatic rings. The average Bonchev–Trinajstić information content (AvgIpc) is 2.69. The van der Waals surface area contributed by atoms with E-state index in [9.17, 15) is 0 Å². The van der Waals surface area contributed by atoms with E-state index in [0.29, 0.717) is 0 Å². The van der Waals surface area contributed by atoms with E-state index in [-0.39, 0.29) is 6.04 Å². The minimum absolute atomic E-state index is 0.159. The van der Waals surface area contributed by atoms with Gasteiger partial charge < -0.3 is 5.73 Å². The van der Waals surface area contributed by atoms with Gasteiger partial charge in [0.2, 0.25) is 0 Å². The smallest absolute Gasteiger partial charge is 0.0955 e. The predicted octanol–water partition coefficient (Wildman–Crippen LogP) is 1.89. The van der Waals surface area contributed by atoms with Crippen molar-refractivity contribution in [3.05, 3.63) is 47.3 Å². The van der Waals surface area contributed by atoms with Crippen molar-refractivity contribution in [3.63, 3.8) is 0 Å². The van der Waals surface area contributed by atoms with Gasteiger partial charge in [0, 0.05) is 0 Å². The molecule has 2 rings (SSSR count). The van der Waals surface area contributed by atoms with Crippen molar-refractivity contribution in [1.29, 1.82) is 0 Å². The monoisotopic (exact) mass is 205 g/mol. The molecular formula is C10H11N3S. The molecule has 0 amide bonds. The lowest BCUT2D eigenvalue weighted by Crippen LogP contribution is -2.12. The first-order chi connectivity index (χ1) is 6.77. The molecule has 0 bridgehead atoms. The first kappa shape index (κ1) is 9.30. The third kappa shape index (κ3) is 1.81. The molecule has 4 heteroatoms. The molecule has 0 fully saturated rings. The Bertz CT molecular complexity index is 411. The molecule has 1 atom stereocenters. The fraction of sp³-hybridized carbons (Fsp3) is 0.200. The van der Waals surface area contributed by atoms with Crippen LogP contribution in [0.25, 0.3) is 0 Å². The van der Waals surface area contributed by atoms with Crippen LogP contribution in [0.5, 0.6) is 0 Å². The summed E-state index contributed by atoms with van der Waals surface area (Å²) < 4.78 is 8.07. The number of benzene rings is 1. The third-order valence-corrected chi connectivity index (χ3v) is 2.59. The Morgan fingerprint density at radius 3 is 2.93 bits per heavy atom. The quantitative estimate of drug-likeness (QED) is 0.814. The van der Waals surface area contributed by atoms with Crippen LogP contribution < -0.4 is 5.73 Å². The van der Waals surface area contributed by atoms with Crippen LogP contribution >= 0.6 is 11.7 Å². The van der Waals surface area contributed by atoms with Crippen LogP contribution in [0.3, 0.4) is 0 Å². The fourth-order valence-electron chi connectivity index (χ4n) is 1.34. The predicted molar refractivity (Wildman–Crippen MR) is 57.1 cm³/mol. The van der Waals surface area contributed by atoms with E-state index in [0.717, 1.165) is 11.3 Å². The van der Waals surface area contributed by atoms with Crippen molar-refractivity contribution in [2.75, 3.05) is 0 Å². The van der Waals surface area contributed by atoms with Crippen molar-refractivity contribution < 1.29 is 0 Å². The van der Waals surface area contributed by atoms with Crippen LogP contribution in [0.2, 0.25) is 0 Å². The maximum atomic E-state index is 6.03. The number of nitrogens with zero attached hydrogens (tertiary/aromatic N) is 2. The molecule has 0 aliphatic carbocycles. The maximum absolute atomic E-state index is 6.03. The average molecular weight is 205 g/mol. The second kappa shape index (κ2) is 3.86. The summed E-state index contributed by atoms with van der Waals surface area (Å²) in [6.45, 7) is 2.05. The number of hydrogen-bond donors (Lipinski definition) is 1. The Morgan fingerprint density at radius 2 is 2.29 bits per heavy atom. The summed E-state index contributed by atoms with van der Waals surface area (Å²) >= 11 is 1.19. The first-order valence-electron chi connectivity index (χ1n) is 4.37. The van der Waals surface area contributed by atoms with Crippen LogP contribution in [0.4, 0.5) is 0 Å². The number of aromatic nitrogens is 2. The minimum Gasteiger partial charge on any atom is -0.319 e. The van der Waals surface area contributed by atoms with E-state index >= 15 is 0 Å². The molecule has 2 N–H and O–H groups in total. The van der Waals surface area contributed by atoms with Gasteiger partial charge in [-0.05, 0) is 12.5 Å². The maximum Gasteiger partial charge on any atom is 0.0955 e. The molecule has 1 aromatic heterocycles. The van der Waals surface area contributed by atoms with Crippen molar-refractivity contribution in [2.24, 2.45) is 5.73 Å². The molecule has 2 aromatic rings. The van der Waals surface area contributed by atoms with E-state index < -0.39 is 0 Å². The lowest BCUT2D eigenvalue weighted by molar-refractivity contribution is 0.842. The number of nitrogens with two attached hydrogens (primary N) is 1. The summed E-state index contributed by atoms with van der Waals surface area (Å²) in [5.74, 6) is 0. The van der Waals surface area contributed by atoms with Gasteiger partial charge >= 0.3 is 0 Å². The van der Waals surface area contributed by atoms with Crippen LogP contribution in [-0.2, 0) is 0 Å². The summed E-state index contributed by atoms with van der Waals surface area (Å²) in [6.07, 6.45) is 1.72. The summed E-state index contributed by atoms with van der Waals surface area (Å²) in [5, 5.41) is 0. The van der Waals surface area contributed by atoms with Crippen LogP contribution in [0.15, 0.2) is 30.5 Å². The molecular weight excluding hydrogens is 194 g/mol. The SMILES string of the molecule is Cc1cccc(C(N)c2cnsn2)c1.